The van der Waals surface area contributed by atoms with Gasteiger partial charge in [-0.25, -0.2) is 0 Å². The van der Waals surface area contributed by atoms with E-state index < -0.39 is 11.9 Å². The summed E-state index contributed by atoms with van der Waals surface area (Å²) >= 11 is 0. The third-order valence-electron chi connectivity index (χ3n) is 1.42. The number of carbonyl (C=O) groups excluding carboxylic acids is 1. The molecule has 56 valence electrons. The first kappa shape index (κ1) is 7.24. The summed E-state index contributed by atoms with van der Waals surface area (Å²) in [6.45, 7) is -0.539. The highest BCUT2D eigenvalue weighted by Gasteiger charge is 2.28. The van der Waals surface area contributed by atoms with E-state index in [0.29, 0.717) is 5.57 Å². The molecular weight excluding hydrogens is 136 g/mol. The van der Waals surface area contributed by atoms with Crippen LogP contribution in [0.3, 0.4) is 0 Å². The van der Waals surface area contributed by atoms with Gasteiger partial charge in [0.15, 0.2) is 0 Å². The Hall–Kier alpha value is -0.870. The molecule has 0 saturated carbocycles. The van der Waals surface area contributed by atoms with E-state index in [4.69, 9.17) is 10.2 Å². The molecule has 1 aliphatic rings. The van der Waals surface area contributed by atoms with Crippen molar-refractivity contribution in [2.75, 3.05) is 13.2 Å². The maximum Gasteiger partial charge on any atom is 0.320 e. The summed E-state index contributed by atoms with van der Waals surface area (Å²) in [7, 11) is 0. The van der Waals surface area contributed by atoms with Gasteiger partial charge in [0, 0.05) is 5.57 Å². The average molecular weight is 144 g/mol. The van der Waals surface area contributed by atoms with Crippen molar-refractivity contribution in [3.05, 3.63) is 11.8 Å². The van der Waals surface area contributed by atoms with Gasteiger partial charge >= 0.3 is 5.97 Å². The van der Waals surface area contributed by atoms with E-state index >= 15 is 0 Å². The van der Waals surface area contributed by atoms with Gasteiger partial charge in [0.2, 0.25) is 0 Å². The molecule has 4 heteroatoms. The lowest BCUT2D eigenvalue weighted by atomic mass is 10.0. The number of hydrogen-bond donors (Lipinski definition) is 2. The first-order valence-electron chi connectivity index (χ1n) is 2.90. The van der Waals surface area contributed by atoms with Crippen molar-refractivity contribution in [1.82, 2.24) is 0 Å². The molecule has 0 spiro atoms. The van der Waals surface area contributed by atoms with Gasteiger partial charge in [0.05, 0.1) is 19.5 Å². The highest BCUT2D eigenvalue weighted by atomic mass is 16.5. The Morgan fingerprint density at radius 3 is 2.70 bits per heavy atom. The van der Waals surface area contributed by atoms with Crippen LogP contribution in [0.4, 0.5) is 0 Å². The maximum atomic E-state index is 10.6. The summed E-state index contributed by atoms with van der Waals surface area (Å²) in [5.74, 6) is -1.14. The van der Waals surface area contributed by atoms with Gasteiger partial charge in [-0.3, -0.25) is 4.79 Å². The van der Waals surface area contributed by atoms with Crippen LogP contribution in [0.5, 0.6) is 0 Å². The molecule has 4 nitrogen and oxygen atoms in total. The molecule has 2 N–H and O–H groups in total. The van der Waals surface area contributed by atoms with Gasteiger partial charge in [-0.2, -0.15) is 0 Å². The SMILES string of the molecule is O=C1OC=C(CO)C1CO. The quantitative estimate of drug-likeness (QED) is 0.489. The smallest absolute Gasteiger partial charge is 0.320 e. The van der Waals surface area contributed by atoms with Gasteiger partial charge in [0.25, 0.3) is 0 Å². The van der Waals surface area contributed by atoms with Crippen LogP contribution >= 0.6 is 0 Å². The van der Waals surface area contributed by atoms with Crippen molar-refractivity contribution in [1.29, 1.82) is 0 Å². The predicted molar refractivity (Wildman–Crippen MR) is 31.8 cm³/mol. The zero-order chi connectivity index (χ0) is 7.56. The molecule has 0 saturated heterocycles. The Balaban J connectivity index is 2.66. The standard InChI is InChI=1S/C6H8O4/c7-1-4-3-10-6(9)5(4)2-8/h3,5,7-8H,1-2H2. The van der Waals surface area contributed by atoms with Crippen LogP contribution in [0.2, 0.25) is 0 Å². The number of cyclic esters (lactones) is 1. The highest BCUT2D eigenvalue weighted by molar-refractivity contribution is 5.79. The molecule has 0 amide bonds. The van der Waals surface area contributed by atoms with Crippen LogP contribution < -0.4 is 0 Å². The molecule has 0 radical (unpaired) electrons. The second kappa shape index (κ2) is 2.81. The fourth-order valence-corrected chi connectivity index (χ4v) is 0.789. The predicted octanol–water partition coefficient (Wildman–Crippen LogP) is -0.972. The van der Waals surface area contributed by atoms with Crippen molar-refractivity contribution in [2.24, 2.45) is 5.92 Å². The molecule has 0 aliphatic carbocycles. The largest absolute Gasteiger partial charge is 0.434 e. The normalized spacial score (nSPS) is 24.4. The van der Waals surface area contributed by atoms with E-state index in [1.54, 1.807) is 0 Å². The lowest BCUT2D eigenvalue weighted by Crippen LogP contribution is -2.17. The van der Waals surface area contributed by atoms with Gasteiger partial charge in [-0.05, 0) is 0 Å². The number of hydrogen-bond acceptors (Lipinski definition) is 4. The number of ether oxygens (including phenoxy) is 1. The van der Waals surface area contributed by atoms with Crippen molar-refractivity contribution < 1.29 is 19.7 Å². The topological polar surface area (TPSA) is 66.8 Å². The molecule has 0 aromatic rings. The molecule has 1 aliphatic heterocycles. The van der Waals surface area contributed by atoms with Crippen molar-refractivity contribution in [3.8, 4) is 0 Å². The number of rotatable bonds is 2. The summed E-state index contributed by atoms with van der Waals surface area (Å²) in [6, 6.07) is 0. The molecule has 1 atom stereocenters. The summed E-state index contributed by atoms with van der Waals surface area (Å²) in [6.07, 6.45) is 1.18. The van der Waals surface area contributed by atoms with Crippen molar-refractivity contribution in [2.45, 2.75) is 0 Å². The first-order valence-corrected chi connectivity index (χ1v) is 2.90. The highest BCUT2D eigenvalue weighted by Crippen LogP contribution is 2.18. The van der Waals surface area contributed by atoms with E-state index in [-0.39, 0.29) is 13.2 Å². The lowest BCUT2D eigenvalue weighted by molar-refractivity contribution is -0.140. The van der Waals surface area contributed by atoms with Crippen LogP contribution in [0.25, 0.3) is 0 Å². The molecule has 0 fully saturated rings. The molecule has 1 unspecified atom stereocenters. The minimum Gasteiger partial charge on any atom is -0.434 e. The zero-order valence-electron chi connectivity index (χ0n) is 5.28. The maximum absolute atomic E-state index is 10.6. The third-order valence-corrected chi connectivity index (χ3v) is 1.42. The Bertz CT molecular complexity index is 173. The fraction of sp³-hybridized carbons (Fsp3) is 0.500. The van der Waals surface area contributed by atoms with Gasteiger partial charge in [-0.15, -0.1) is 0 Å². The number of carbonyl (C=O) groups is 1. The number of aliphatic hydroxyl groups excluding tert-OH is 2. The van der Waals surface area contributed by atoms with Gasteiger partial charge in [0.1, 0.15) is 5.92 Å². The van der Waals surface area contributed by atoms with Crippen LogP contribution in [0.15, 0.2) is 11.8 Å². The summed E-state index contributed by atoms with van der Waals surface area (Å²) < 4.78 is 4.44. The molecule has 1 rings (SSSR count). The van der Waals surface area contributed by atoms with Crippen molar-refractivity contribution >= 4 is 5.97 Å². The van der Waals surface area contributed by atoms with Crippen LogP contribution in [-0.4, -0.2) is 29.4 Å². The number of aliphatic hydroxyl groups is 2. The molecule has 10 heavy (non-hydrogen) atoms. The zero-order valence-corrected chi connectivity index (χ0v) is 5.28. The van der Waals surface area contributed by atoms with E-state index in [1.807, 2.05) is 0 Å². The van der Waals surface area contributed by atoms with Crippen LogP contribution in [0.1, 0.15) is 0 Å². The second-order valence-electron chi connectivity index (χ2n) is 2.02. The minimum absolute atomic E-state index is 0.239. The molecular formula is C6H8O4. The van der Waals surface area contributed by atoms with E-state index in [0.717, 1.165) is 0 Å². The molecule has 1 heterocycles. The lowest BCUT2D eigenvalue weighted by Gasteiger charge is -2.02. The van der Waals surface area contributed by atoms with Gasteiger partial charge < -0.3 is 14.9 Å². The second-order valence-corrected chi connectivity index (χ2v) is 2.02. The van der Waals surface area contributed by atoms with Crippen LogP contribution in [0, 0.1) is 5.92 Å². The minimum atomic E-state index is -0.648. The van der Waals surface area contributed by atoms with E-state index in [9.17, 15) is 4.79 Å². The van der Waals surface area contributed by atoms with Crippen LogP contribution in [-0.2, 0) is 9.53 Å². The summed E-state index contributed by atoms with van der Waals surface area (Å²) in [5, 5.41) is 17.2. The van der Waals surface area contributed by atoms with Gasteiger partial charge in [-0.1, -0.05) is 0 Å². The average Bonchev–Trinajstić information content (AvgIpc) is 2.30. The Morgan fingerprint density at radius 2 is 2.30 bits per heavy atom. The summed E-state index contributed by atoms with van der Waals surface area (Å²) in [5.41, 5.74) is 0.438. The first-order chi connectivity index (χ1) is 4.79. The molecule has 0 aromatic carbocycles. The summed E-state index contributed by atoms with van der Waals surface area (Å²) in [4.78, 5) is 10.6. The van der Waals surface area contributed by atoms with E-state index in [1.165, 1.54) is 6.26 Å². The van der Waals surface area contributed by atoms with E-state index in [2.05, 4.69) is 4.74 Å². The molecule has 0 aromatic heterocycles. The Labute approximate surface area is 57.7 Å². The Morgan fingerprint density at radius 1 is 1.60 bits per heavy atom. The monoisotopic (exact) mass is 144 g/mol. The third kappa shape index (κ3) is 1.03. The molecule has 0 bridgehead atoms. The Kier molecular flexibility index (Phi) is 2.03. The fourth-order valence-electron chi connectivity index (χ4n) is 0.789. The number of esters is 1. The van der Waals surface area contributed by atoms with Crippen molar-refractivity contribution in [3.63, 3.8) is 0 Å².